The number of hydrogen-bond acceptors (Lipinski definition) is 6. The zero-order chi connectivity index (χ0) is 20.8. The molecule has 1 fully saturated rings. The van der Waals surface area contributed by atoms with Crippen LogP contribution in [-0.2, 0) is 6.18 Å². The van der Waals surface area contributed by atoms with E-state index in [1.807, 2.05) is 0 Å². The number of anilines is 1. The van der Waals surface area contributed by atoms with Crippen LogP contribution in [0.4, 0.5) is 27.8 Å². The van der Waals surface area contributed by atoms with Crippen LogP contribution in [0, 0.1) is 0 Å². The van der Waals surface area contributed by atoms with Crippen LogP contribution in [0.15, 0.2) is 24.7 Å². The Hall–Kier alpha value is -3.05. The van der Waals surface area contributed by atoms with Crippen LogP contribution in [0.3, 0.4) is 0 Å². The molecule has 1 unspecified atom stereocenters. The molecule has 1 atom stereocenters. The van der Waals surface area contributed by atoms with E-state index in [0.29, 0.717) is 18.9 Å². The molecule has 3 aromatic rings. The smallest absolute Gasteiger partial charge is 0.416 e. The van der Waals surface area contributed by atoms with Gasteiger partial charge in [-0.05, 0) is 18.9 Å². The molecule has 0 bridgehead atoms. The van der Waals surface area contributed by atoms with Crippen molar-refractivity contribution in [1.29, 1.82) is 0 Å². The minimum absolute atomic E-state index is 0.0195. The third kappa shape index (κ3) is 3.54. The van der Waals surface area contributed by atoms with Crippen molar-refractivity contribution >= 4 is 16.9 Å². The fourth-order valence-electron chi connectivity index (χ4n) is 3.37. The largest absolute Gasteiger partial charge is 0.418 e. The highest BCUT2D eigenvalue weighted by Crippen LogP contribution is 2.44. The highest BCUT2D eigenvalue weighted by atomic mass is 19.4. The first-order chi connectivity index (χ1) is 13.7. The molecule has 7 nitrogen and oxygen atoms in total. The zero-order valence-corrected chi connectivity index (χ0v) is 14.8. The predicted octanol–water partition coefficient (Wildman–Crippen LogP) is 4.37. The van der Waals surface area contributed by atoms with Crippen LogP contribution in [-0.4, -0.2) is 30.7 Å². The maximum absolute atomic E-state index is 14.5. The molecule has 0 aromatic carbocycles. The van der Waals surface area contributed by atoms with E-state index in [9.17, 15) is 22.0 Å². The van der Waals surface area contributed by atoms with Gasteiger partial charge in [0.2, 0.25) is 5.88 Å². The van der Waals surface area contributed by atoms with E-state index < -0.39 is 29.6 Å². The van der Waals surface area contributed by atoms with E-state index in [-0.39, 0.29) is 35.6 Å². The van der Waals surface area contributed by atoms with Gasteiger partial charge in [0.05, 0.1) is 5.56 Å². The van der Waals surface area contributed by atoms with E-state index in [0.717, 1.165) is 23.3 Å². The second kappa shape index (κ2) is 6.78. The third-order valence-electron chi connectivity index (χ3n) is 4.77. The molecule has 0 saturated heterocycles. The maximum atomic E-state index is 14.5. The molecular formula is C17H15F5N6O. The van der Waals surface area contributed by atoms with E-state index in [4.69, 9.17) is 10.5 Å². The SMILES string of the molecule is Nc1ncnc2c1c(Oc1cc(C(F)(F)F)ccn1)nn2C1CCCCC1(F)F. The second-order valence-corrected chi connectivity index (χ2v) is 6.71. The van der Waals surface area contributed by atoms with Crippen LogP contribution < -0.4 is 10.5 Å². The van der Waals surface area contributed by atoms with Crippen LogP contribution >= 0.6 is 0 Å². The summed E-state index contributed by atoms with van der Waals surface area (Å²) in [7, 11) is 0. The molecule has 0 aliphatic heterocycles. The Morgan fingerprint density at radius 2 is 1.97 bits per heavy atom. The lowest BCUT2D eigenvalue weighted by molar-refractivity contribution is -0.137. The van der Waals surface area contributed by atoms with Crippen molar-refractivity contribution in [2.24, 2.45) is 0 Å². The monoisotopic (exact) mass is 414 g/mol. The van der Waals surface area contributed by atoms with Gasteiger partial charge >= 0.3 is 6.18 Å². The fourth-order valence-corrected chi connectivity index (χ4v) is 3.37. The lowest BCUT2D eigenvalue weighted by Crippen LogP contribution is -2.34. The number of nitrogens with two attached hydrogens (primary N) is 1. The summed E-state index contributed by atoms with van der Waals surface area (Å²) in [4.78, 5) is 11.5. The summed E-state index contributed by atoms with van der Waals surface area (Å²) in [5, 5.41) is 4.10. The standard InChI is InChI=1S/C17H15F5N6O/c18-16(19)5-2-1-3-10(16)28-14-12(13(23)25-8-26-14)15(27-28)29-11-7-9(4-6-24-11)17(20,21)22/h4,6-8,10H,1-3,5H2,(H2,23,25,26). The van der Waals surface area contributed by atoms with Gasteiger partial charge in [0.1, 0.15) is 23.6 Å². The summed E-state index contributed by atoms with van der Waals surface area (Å²) >= 11 is 0. The van der Waals surface area contributed by atoms with E-state index in [1.54, 1.807) is 0 Å². The second-order valence-electron chi connectivity index (χ2n) is 6.71. The molecule has 29 heavy (non-hydrogen) atoms. The molecular weight excluding hydrogens is 399 g/mol. The van der Waals surface area contributed by atoms with Gasteiger partial charge < -0.3 is 10.5 Å². The molecule has 1 saturated carbocycles. The summed E-state index contributed by atoms with van der Waals surface area (Å²) in [5.74, 6) is -3.82. The number of ether oxygens (including phenoxy) is 1. The van der Waals surface area contributed by atoms with Crippen molar-refractivity contribution in [3.8, 4) is 11.8 Å². The van der Waals surface area contributed by atoms with Gasteiger partial charge in [-0.25, -0.2) is 28.4 Å². The Bertz CT molecular complexity index is 1050. The average Bonchev–Trinajstić information content (AvgIpc) is 3.00. The topological polar surface area (TPSA) is 91.7 Å². The number of halogens is 5. The summed E-state index contributed by atoms with van der Waals surface area (Å²) in [6.45, 7) is 0. The summed E-state index contributed by atoms with van der Waals surface area (Å²) in [6.07, 6.45) is -1.75. The molecule has 1 aliphatic carbocycles. The van der Waals surface area contributed by atoms with Crippen LogP contribution in [0.1, 0.15) is 37.3 Å². The van der Waals surface area contributed by atoms with Crippen LogP contribution in [0.2, 0.25) is 0 Å². The first kappa shape index (κ1) is 19.3. The van der Waals surface area contributed by atoms with Gasteiger partial charge in [-0.15, -0.1) is 5.10 Å². The molecule has 0 spiro atoms. The molecule has 0 radical (unpaired) electrons. The molecule has 154 valence electrons. The number of nitrogen functional groups attached to an aromatic ring is 1. The Morgan fingerprint density at radius 3 is 2.69 bits per heavy atom. The first-order valence-electron chi connectivity index (χ1n) is 8.74. The number of fused-ring (bicyclic) bond motifs is 1. The van der Waals surface area contributed by atoms with Crippen molar-refractivity contribution in [3.63, 3.8) is 0 Å². The lowest BCUT2D eigenvalue weighted by atomic mass is 9.91. The van der Waals surface area contributed by atoms with Gasteiger partial charge in [0, 0.05) is 18.7 Å². The number of nitrogens with zero attached hydrogens (tertiary/aromatic N) is 5. The molecule has 3 aromatic heterocycles. The fraction of sp³-hybridized carbons (Fsp3) is 0.412. The molecule has 3 heterocycles. The van der Waals surface area contributed by atoms with Gasteiger partial charge in [0.15, 0.2) is 5.65 Å². The third-order valence-corrected chi connectivity index (χ3v) is 4.77. The van der Waals surface area contributed by atoms with E-state index in [1.165, 1.54) is 0 Å². The van der Waals surface area contributed by atoms with Crippen molar-refractivity contribution in [3.05, 3.63) is 30.2 Å². The Kier molecular flexibility index (Phi) is 4.50. The van der Waals surface area contributed by atoms with Crippen LogP contribution in [0.5, 0.6) is 11.8 Å². The van der Waals surface area contributed by atoms with Crippen LogP contribution in [0.25, 0.3) is 11.0 Å². The van der Waals surface area contributed by atoms with Gasteiger partial charge in [-0.3, -0.25) is 0 Å². The summed E-state index contributed by atoms with van der Waals surface area (Å²) in [6, 6.07) is 0.184. The van der Waals surface area contributed by atoms with Crippen molar-refractivity contribution in [2.45, 2.75) is 43.8 Å². The van der Waals surface area contributed by atoms with Gasteiger partial charge in [-0.2, -0.15) is 13.2 Å². The van der Waals surface area contributed by atoms with Gasteiger partial charge in [0.25, 0.3) is 11.8 Å². The number of rotatable bonds is 3. The average molecular weight is 414 g/mol. The Labute approximate surface area is 160 Å². The Morgan fingerprint density at radius 1 is 1.17 bits per heavy atom. The summed E-state index contributed by atoms with van der Waals surface area (Å²) < 4.78 is 74.2. The van der Waals surface area contributed by atoms with E-state index in [2.05, 4.69) is 20.1 Å². The highest BCUT2D eigenvalue weighted by molar-refractivity contribution is 5.90. The highest BCUT2D eigenvalue weighted by Gasteiger charge is 2.44. The Balaban J connectivity index is 1.80. The quantitative estimate of drug-likeness (QED) is 0.640. The zero-order valence-electron chi connectivity index (χ0n) is 14.8. The lowest BCUT2D eigenvalue weighted by Gasteiger charge is -2.31. The molecule has 4 rings (SSSR count). The van der Waals surface area contributed by atoms with Gasteiger partial charge in [-0.1, -0.05) is 6.42 Å². The molecule has 1 aliphatic rings. The summed E-state index contributed by atoms with van der Waals surface area (Å²) in [5.41, 5.74) is 4.89. The minimum atomic E-state index is -4.60. The first-order valence-corrected chi connectivity index (χ1v) is 8.74. The maximum Gasteiger partial charge on any atom is 0.416 e. The number of hydrogen-bond donors (Lipinski definition) is 1. The molecule has 0 amide bonds. The number of aromatic nitrogens is 5. The molecule has 2 N–H and O–H groups in total. The number of alkyl halides is 5. The van der Waals surface area contributed by atoms with Crippen molar-refractivity contribution < 1.29 is 26.7 Å². The van der Waals surface area contributed by atoms with Crippen molar-refractivity contribution in [2.75, 3.05) is 5.73 Å². The molecule has 12 heteroatoms. The predicted molar refractivity (Wildman–Crippen MR) is 91.5 cm³/mol. The van der Waals surface area contributed by atoms with Crippen molar-refractivity contribution in [1.82, 2.24) is 24.7 Å². The van der Waals surface area contributed by atoms with E-state index >= 15 is 0 Å². The number of pyridine rings is 1. The minimum Gasteiger partial charge on any atom is -0.418 e. The normalized spacial score (nSPS) is 19.4.